The van der Waals surface area contributed by atoms with Crippen LogP contribution in [0, 0.1) is 0 Å². The number of thiazole rings is 1. The number of nitrogens with two attached hydrogens (primary N) is 1. The molecule has 0 radical (unpaired) electrons. The molecular weight excluding hydrogens is 208 g/mol. The second-order valence-corrected chi connectivity index (χ2v) is 4.52. The van der Waals surface area contributed by atoms with Crippen molar-refractivity contribution in [2.24, 2.45) is 5.73 Å². The first-order chi connectivity index (χ1) is 7.19. The van der Waals surface area contributed by atoms with Crippen molar-refractivity contribution in [1.82, 2.24) is 4.98 Å². The molecular formula is C11H20N2OS. The Balaban J connectivity index is 2.72. The maximum Gasteiger partial charge on any atom is 0.122 e. The Labute approximate surface area is 95.7 Å². The third-order valence-electron chi connectivity index (χ3n) is 2.20. The predicted molar refractivity (Wildman–Crippen MR) is 64.0 cm³/mol. The Morgan fingerprint density at radius 2 is 2.27 bits per heavy atom. The van der Waals surface area contributed by atoms with Gasteiger partial charge in [0.05, 0.1) is 5.69 Å². The van der Waals surface area contributed by atoms with E-state index >= 15 is 0 Å². The maximum atomic E-state index is 5.78. The molecule has 86 valence electrons. The van der Waals surface area contributed by atoms with Crippen molar-refractivity contribution in [3.63, 3.8) is 0 Å². The van der Waals surface area contributed by atoms with E-state index < -0.39 is 0 Å². The largest absolute Gasteiger partial charge is 0.371 e. The van der Waals surface area contributed by atoms with Gasteiger partial charge in [-0.25, -0.2) is 4.98 Å². The highest BCUT2D eigenvalue weighted by Gasteiger charge is 2.15. The molecule has 0 aromatic carbocycles. The lowest BCUT2D eigenvalue weighted by atomic mass is 10.2. The van der Waals surface area contributed by atoms with Gasteiger partial charge >= 0.3 is 0 Å². The van der Waals surface area contributed by atoms with E-state index in [1.165, 1.54) is 0 Å². The summed E-state index contributed by atoms with van der Waals surface area (Å²) in [7, 11) is 0. The van der Waals surface area contributed by atoms with Crippen molar-refractivity contribution >= 4 is 11.3 Å². The molecule has 0 amide bonds. The van der Waals surface area contributed by atoms with Crippen LogP contribution in [0.4, 0.5) is 0 Å². The lowest BCUT2D eigenvalue weighted by Gasteiger charge is -2.13. The van der Waals surface area contributed by atoms with Gasteiger partial charge in [0.25, 0.3) is 0 Å². The van der Waals surface area contributed by atoms with E-state index in [1.54, 1.807) is 11.3 Å². The SMILES string of the molecule is CCCC(OCC)c1nc(C(C)N)cs1. The van der Waals surface area contributed by atoms with E-state index in [-0.39, 0.29) is 12.1 Å². The standard InChI is InChI=1S/C11H20N2OS/c1-4-6-10(14-5-2)11-13-9(7-15-11)8(3)12/h7-8,10H,4-6,12H2,1-3H3. The molecule has 2 unspecified atom stereocenters. The van der Waals surface area contributed by atoms with Gasteiger partial charge in [0, 0.05) is 18.0 Å². The summed E-state index contributed by atoms with van der Waals surface area (Å²) in [5.41, 5.74) is 6.75. The van der Waals surface area contributed by atoms with E-state index in [0.717, 1.165) is 30.2 Å². The third-order valence-corrected chi connectivity index (χ3v) is 3.16. The van der Waals surface area contributed by atoms with Crippen LogP contribution in [0.1, 0.15) is 56.5 Å². The van der Waals surface area contributed by atoms with Crippen molar-refractivity contribution in [3.8, 4) is 0 Å². The first-order valence-electron chi connectivity index (χ1n) is 5.51. The highest BCUT2D eigenvalue weighted by molar-refractivity contribution is 7.09. The van der Waals surface area contributed by atoms with Gasteiger partial charge in [0.15, 0.2) is 0 Å². The maximum absolute atomic E-state index is 5.78. The first-order valence-corrected chi connectivity index (χ1v) is 6.39. The molecule has 1 rings (SSSR count). The quantitative estimate of drug-likeness (QED) is 0.814. The molecule has 1 heterocycles. The van der Waals surface area contributed by atoms with Gasteiger partial charge in [-0.3, -0.25) is 0 Å². The Bertz CT molecular complexity index is 280. The van der Waals surface area contributed by atoms with E-state index in [4.69, 9.17) is 10.5 Å². The van der Waals surface area contributed by atoms with E-state index in [1.807, 2.05) is 19.2 Å². The Morgan fingerprint density at radius 3 is 2.73 bits per heavy atom. The molecule has 0 saturated heterocycles. The summed E-state index contributed by atoms with van der Waals surface area (Å²) in [5, 5.41) is 3.09. The zero-order valence-electron chi connectivity index (χ0n) is 9.69. The van der Waals surface area contributed by atoms with Crippen LogP contribution < -0.4 is 5.73 Å². The molecule has 4 heteroatoms. The number of hydrogen-bond donors (Lipinski definition) is 1. The fraction of sp³-hybridized carbons (Fsp3) is 0.727. The number of ether oxygens (including phenoxy) is 1. The van der Waals surface area contributed by atoms with Gasteiger partial charge < -0.3 is 10.5 Å². The summed E-state index contributed by atoms with van der Waals surface area (Å²) in [4.78, 5) is 4.52. The van der Waals surface area contributed by atoms with Crippen LogP contribution in [-0.2, 0) is 4.74 Å². The van der Waals surface area contributed by atoms with Crippen LogP contribution in [0.3, 0.4) is 0 Å². The zero-order valence-corrected chi connectivity index (χ0v) is 10.5. The lowest BCUT2D eigenvalue weighted by Crippen LogP contribution is -2.07. The van der Waals surface area contributed by atoms with E-state index in [9.17, 15) is 0 Å². The van der Waals surface area contributed by atoms with Crippen molar-refractivity contribution in [1.29, 1.82) is 0 Å². The van der Waals surface area contributed by atoms with Crippen LogP contribution in [0.5, 0.6) is 0 Å². The fourth-order valence-corrected chi connectivity index (χ4v) is 2.40. The topological polar surface area (TPSA) is 48.1 Å². The van der Waals surface area contributed by atoms with E-state index in [2.05, 4.69) is 11.9 Å². The molecule has 0 bridgehead atoms. The van der Waals surface area contributed by atoms with Crippen LogP contribution in [0.25, 0.3) is 0 Å². The molecule has 0 aliphatic carbocycles. The van der Waals surface area contributed by atoms with Crippen molar-refractivity contribution < 1.29 is 4.74 Å². The Morgan fingerprint density at radius 1 is 1.53 bits per heavy atom. The summed E-state index contributed by atoms with van der Waals surface area (Å²) in [6, 6.07) is 0.0129. The van der Waals surface area contributed by atoms with Gasteiger partial charge in [0.2, 0.25) is 0 Å². The van der Waals surface area contributed by atoms with Crippen molar-refractivity contribution in [2.45, 2.75) is 45.8 Å². The summed E-state index contributed by atoms with van der Waals surface area (Å²) < 4.78 is 5.67. The monoisotopic (exact) mass is 228 g/mol. The molecule has 0 fully saturated rings. The smallest absolute Gasteiger partial charge is 0.122 e. The molecule has 2 N–H and O–H groups in total. The number of aromatic nitrogens is 1. The molecule has 0 saturated carbocycles. The minimum Gasteiger partial charge on any atom is -0.371 e. The minimum absolute atomic E-state index is 0.0129. The number of nitrogens with zero attached hydrogens (tertiary/aromatic N) is 1. The average Bonchev–Trinajstić information content (AvgIpc) is 2.66. The normalized spacial score (nSPS) is 15.2. The average molecular weight is 228 g/mol. The molecule has 3 nitrogen and oxygen atoms in total. The van der Waals surface area contributed by atoms with Gasteiger partial charge in [-0.15, -0.1) is 11.3 Å². The van der Waals surface area contributed by atoms with Crippen LogP contribution >= 0.6 is 11.3 Å². The van der Waals surface area contributed by atoms with Crippen LogP contribution in [0.2, 0.25) is 0 Å². The summed E-state index contributed by atoms with van der Waals surface area (Å²) in [6.07, 6.45) is 2.29. The van der Waals surface area contributed by atoms with Gasteiger partial charge in [-0.1, -0.05) is 13.3 Å². The minimum atomic E-state index is 0.0129. The first kappa shape index (κ1) is 12.6. The molecule has 0 aliphatic rings. The molecule has 2 atom stereocenters. The fourth-order valence-electron chi connectivity index (χ4n) is 1.40. The second kappa shape index (κ2) is 6.20. The summed E-state index contributed by atoms with van der Waals surface area (Å²) >= 11 is 1.65. The van der Waals surface area contributed by atoms with E-state index in [0.29, 0.717) is 0 Å². The molecule has 15 heavy (non-hydrogen) atoms. The van der Waals surface area contributed by atoms with Gasteiger partial charge in [-0.05, 0) is 20.3 Å². The number of rotatable bonds is 6. The summed E-state index contributed by atoms with van der Waals surface area (Å²) in [6.45, 7) is 6.86. The van der Waals surface area contributed by atoms with Gasteiger partial charge in [0.1, 0.15) is 11.1 Å². The van der Waals surface area contributed by atoms with Crippen molar-refractivity contribution in [3.05, 3.63) is 16.1 Å². The Kier molecular flexibility index (Phi) is 5.22. The summed E-state index contributed by atoms with van der Waals surface area (Å²) in [5.74, 6) is 0. The van der Waals surface area contributed by atoms with Crippen LogP contribution in [0.15, 0.2) is 5.38 Å². The highest BCUT2D eigenvalue weighted by Crippen LogP contribution is 2.27. The van der Waals surface area contributed by atoms with Gasteiger partial charge in [-0.2, -0.15) is 0 Å². The third kappa shape index (κ3) is 3.55. The van der Waals surface area contributed by atoms with Crippen LogP contribution in [-0.4, -0.2) is 11.6 Å². The molecule has 1 aromatic rings. The molecule has 0 aliphatic heterocycles. The molecule has 1 aromatic heterocycles. The second-order valence-electron chi connectivity index (χ2n) is 3.63. The highest BCUT2D eigenvalue weighted by atomic mass is 32.1. The number of hydrogen-bond acceptors (Lipinski definition) is 4. The zero-order chi connectivity index (χ0) is 11.3. The Hall–Kier alpha value is -0.450. The molecule has 0 spiro atoms. The predicted octanol–water partition coefficient (Wildman–Crippen LogP) is 3.04. The lowest BCUT2D eigenvalue weighted by molar-refractivity contribution is 0.0554. The van der Waals surface area contributed by atoms with Crippen molar-refractivity contribution in [2.75, 3.05) is 6.61 Å².